The summed E-state index contributed by atoms with van der Waals surface area (Å²) in [6, 6.07) is 21.0. The Morgan fingerprint density at radius 1 is 1.06 bits per heavy atom. The van der Waals surface area contributed by atoms with Gasteiger partial charge in [-0.1, -0.05) is 29.3 Å². The first kappa shape index (κ1) is 24.6. The fourth-order valence-electron chi connectivity index (χ4n) is 4.17. The highest BCUT2D eigenvalue weighted by Crippen LogP contribution is 2.43. The molecule has 0 radical (unpaired) electrons. The van der Waals surface area contributed by atoms with Crippen LogP contribution in [0.3, 0.4) is 0 Å². The highest BCUT2D eigenvalue weighted by Gasteiger charge is 2.42. The molecule has 0 aliphatic carbocycles. The first-order valence-electron chi connectivity index (χ1n) is 10.8. The highest BCUT2D eigenvalue weighted by atomic mass is 35.5. The number of nitrogens with zero attached hydrogens (tertiary/aromatic N) is 2. The first-order chi connectivity index (χ1) is 17.2. The van der Waals surface area contributed by atoms with Gasteiger partial charge in [0.25, 0.3) is 0 Å². The summed E-state index contributed by atoms with van der Waals surface area (Å²) in [5, 5.41) is 4.88. The summed E-state index contributed by atoms with van der Waals surface area (Å²) in [4.78, 5) is 6.47. The van der Waals surface area contributed by atoms with Crippen molar-refractivity contribution < 1.29 is 12.8 Å². The van der Waals surface area contributed by atoms with Gasteiger partial charge in [0.1, 0.15) is 17.6 Å². The summed E-state index contributed by atoms with van der Waals surface area (Å²) < 4.78 is 32.0. The van der Waals surface area contributed by atoms with Crippen molar-refractivity contribution in [2.45, 2.75) is 12.1 Å². The largest absolute Gasteiger partial charge is 0.459 e. The molecule has 0 saturated carbocycles. The summed E-state index contributed by atoms with van der Waals surface area (Å²) in [7, 11) is -3.39. The molecule has 2 N–H and O–H groups in total. The first-order valence-corrected chi connectivity index (χ1v) is 13.9. The maximum absolute atomic E-state index is 11.6. The van der Waals surface area contributed by atoms with Crippen molar-refractivity contribution in [2.24, 2.45) is 0 Å². The third-order valence-corrected chi connectivity index (χ3v) is 7.13. The quantitative estimate of drug-likeness (QED) is 0.272. The molecule has 2 aromatic carbocycles. The number of rotatable bonds is 6. The Kier molecular flexibility index (Phi) is 6.65. The molecule has 184 valence electrons. The van der Waals surface area contributed by atoms with E-state index in [0.29, 0.717) is 32.4 Å². The third-order valence-electron chi connectivity index (χ3n) is 5.66. The van der Waals surface area contributed by atoms with Crippen LogP contribution < -0.4 is 14.9 Å². The zero-order valence-corrected chi connectivity index (χ0v) is 22.0. The van der Waals surface area contributed by atoms with Crippen LogP contribution in [-0.2, 0) is 10.0 Å². The van der Waals surface area contributed by atoms with Gasteiger partial charge in [-0.15, -0.1) is 0 Å². The number of nitrogens with one attached hydrogen (secondary N) is 2. The van der Waals surface area contributed by atoms with Gasteiger partial charge in [-0.05, 0) is 78.9 Å². The predicted molar refractivity (Wildman–Crippen MR) is 147 cm³/mol. The summed E-state index contributed by atoms with van der Waals surface area (Å²) in [6.45, 7) is 0. The Morgan fingerprint density at radius 2 is 1.83 bits per heavy atom. The normalized spacial score (nSPS) is 17.8. The Morgan fingerprint density at radius 3 is 2.50 bits per heavy atom. The molecule has 0 spiro atoms. The maximum atomic E-state index is 11.6. The van der Waals surface area contributed by atoms with Gasteiger partial charge >= 0.3 is 0 Å². The van der Waals surface area contributed by atoms with Crippen molar-refractivity contribution in [3.05, 3.63) is 100 Å². The van der Waals surface area contributed by atoms with Crippen LogP contribution in [0.5, 0.6) is 0 Å². The molecule has 1 aliphatic rings. The monoisotopic (exact) mass is 558 g/mol. The lowest BCUT2D eigenvalue weighted by Gasteiger charge is -2.26. The van der Waals surface area contributed by atoms with Gasteiger partial charge in [0.15, 0.2) is 5.11 Å². The Balaban J connectivity index is 1.56. The minimum atomic E-state index is -3.39. The van der Waals surface area contributed by atoms with Crippen LogP contribution in [0.1, 0.15) is 23.5 Å². The van der Waals surface area contributed by atoms with Crippen molar-refractivity contribution in [3.8, 4) is 11.3 Å². The second kappa shape index (κ2) is 9.74. The van der Waals surface area contributed by atoms with E-state index < -0.39 is 10.0 Å². The zero-order valence-electron chi connectivity index (χ0n) is 18.9. The lowest BCUT2D eigenvalue weighted by Crippen LogP contribution is -2.29. The number of sulfonamides is 1. The van der Waals surface area contributed by atoms with Gasteiger partial charge in [0, 0.05) is 28.2 Å². The van der Waals surface area contributed by atoms with Crippen LogP contribution in [0, 0.1) is 0 Å². The van der Waals surface area contributed by atoms with Crippen LogP contribution in [0.4, 0.5) is 11.4 Å². The van der Waals surface area contributed by atoms with Crippen molar-refractivity contribution in [1.29, 1.82) is 0 Å². The van der Waals surface area contributed by atoms with Crippen LogP contribution >= 0.6 is 35.4 Å². The molecule has 5 rings (SSSR count). The van der Waals surface area contributed by atoms with Crippen molar-refractivity contribution in [3.63, 3.8) is 0 Å². The molecule has 1 fully saturated rings. The van der Waals surface area contributed by atoms with E-state index >= 15 is 0 Å². The van der Waals surface area contributed by atoms with E-state index in [1.54, 1.807) is 42.6 Å². The summed E-state index contributed by atoms with van der Waals surface area (Å²) in [5.74, 6) is 1.24. The summed E-state index contributed by atoms with van der Waals surface area (Å²) >= 11 is 18.2. The van der Waals surface area contributed by atoms with E-state index in [-0.39, 0.29) is 12.1 Å². The molecule has 1 saturated heterocycles. The van der Waals surface area contributed by atoms with E-state index in [2.05, 4.69) is 15.0 Å². The van der Waals surface area contributed by atoms with Crippen molar-refractivity contribution in [1.82, 2.24) is 10.3 Å². The minimum Gasteiger partial charge on any atom is -0.459 e. The molecule has 0 bridgehead atoms. The van der Waals surface area contributed by atoms with E-state index in [4.69, 9.17) is 39.8 Å². The molecule has 2 unspecified atom stereocenters. The smallest absolute Gasteiger partial charge is 0.229 e. The van der Waals surface area contributed by atoms with E-state index in [0.717, 1.165) is 23.2 Å². The fraction of sp³-hybridized carbons (Fsp3) is 0.120. The maximum Gasteiger partial charge on any atom is 0.229 e. The molecule has 3 heterocycles. The third kappa shape index (κ3) is 5.05. The number of furan rings is 1. The lowest BCUT2D eigenvalue weighted by atomic mass is 10.0. The summed E-state index contributed by atoms with van der Waals surface area (Å²) in [5.41, 5.74) is 2.73. The van der Waals surface area contributed by atoms with Crippen molar-refractivity contribution >= 4 is 61.9 Å². The fourth-order valence-corrected chi connectivity index (χ4v) is 5.58. The topological polar surface area (TPSA) is 87.5 Å². The molecule has 0 amide bonds. The van der Waals surface area contributed by atoms with Crippen LogP contribution in [0.15, 0.2) is 83.4 Å². The number of thiocarbonyl (C=S) groups is 1. The number of anilines is 2. The average molecular weight is 560 g/mol. The Bertz CT molecular complexity index is 1530. The molecular weight excluding hydrogens is 539 g/mol. The summed E-state index contributed by atoms with van der Waals surface area (Å²) in [6.07, 6.45) is 2.84. The SMILES string of the molecule is CS(=O)(=O)Nc1ccc(N2C(=S)NC(c3ccccn3)C2c2ccc(-c3ccc(Cl)cc3Cl)o2)cc1. The highest BCUT2D eigenvalue weighted by molar-refractivity contribution is 7.92. The molecule has 4 aromatic rings. The van der Waals surface area contributed by atoms with Gasteiger partial charge in [0.2, 0.25) is 10.0 Å². The van der Waals surface area contributed by atoms with Gasteiger partial charge in [-0.2, -0.15) is 0 Å². The Labute approximate surface area is 224 Å². The predicted octanol–water partition coefficient (Wildman–Crippen LogP) is 6.20. The number of pyridine rings is 1. The standard InChI is InChI=1S/C25H20Cl2N4O3S2/c1-36(32,33)30-16-6-8-17(9-7-16)31-24(23(29-25(31)35)20-4-2-3-13-28-20)22-12-11-21(34-22)18-10-5-15(26)14-19(18)27/h2-14,23-24,30H,1H3,(H,29,35). The van der Waals surface area contributed by atoms with Crippen molar-refractivity contribution in [2.75, 3.05) is 15.9 Å². The van der Waals surface area contributed by atoms with Gasteiger partial charge < -0.3 is 14.6 Å². The molecule has 2 aromatic heterocycles. The van der Waals surface area contributed by atoms with Gasteiger partial charge in [-0.25, -0.2) is 8.42 Å². The number of aromatic nitrogens is 1. The molecule has 36 heavy (non-hydrogen) atoms. The molecule has 11 heteroatoms. The number of halogens is 2. The molecule has 7 nitrogen and oxygen atoms in total. The molecule has 1 aliphatic heterocycles. The van der Waals surface area contributed by atoms with E-state index in [1.807, 2.05) is 41.3 Å². The average Bonchev–Trinajstić information content (AvgIpc) is 3.44. The lowest BCUT2D eigenvalue weighted by molar-refractivity contribution is 0.439. The second-order valence-corrected chi connectivity index (χ2v) is 11.2. The molecular formula is C25H20Cl2N4O3S2. The second-order valence-electron chi connectivity index (χ2n) is 8.24. The minimum absolute atomic E-state index is 0.299. The van der Waals surface area contributed by atoms with Gasteiger partial charge in [0.05, 0.1) is 23.0 Å². The van der Waals surface area contributed by atoms with Crippen LogP contribution in [-0.4, -0.2) is 24.8 Å². The molecule has 2 atom stereocenters. The van der Waals surface area contributed by atoms with Crippen LogP contribution in [0.2, 0.25) is 10.0 Å². The van der Waals surface area contributed by atoms with E-state index in [9.17, 15) is 8.42 Å². The van der Waals surface area contributed by atoms with Gasteiger partial charge in [-0.3, -0.25) is 9.71 Å². The number of hydrogen-bond acceptors (Lipinski definition) is 5. The number of hydrogen-bond donors (Lipinski definition) is 2. The number of benzene rings is 2. The Hall–Kier alpha value is -3.11. The zero-order chi connectivity index (χ0) is 25.4. The van der Waals surface area contributed by atoms with Crippen LogP contribution in [0.25, 0.3) is 11.3 Å². The van der Waals surface area contributed by atoms with E-state index in [1.165, 1.54) is 0 Å².